The topological polar surface area (TPSA) is 206 Å². The molecule has 1 saturated carbocycles. The number of hydrogen-bond donors (Lipinski definition) is 5. The van der Waals surface area contributed by atoms with Crippen LogP contribution in [-0.4, -0.2) is 93.9 Å². The van der Waals surface area contributed by atoms with Gasteiger partial charge in [0.2, 0.25) is 0 Å². The molecule has 5 N–H and O–H groups in total. The first-order valence-corrected chi connectivity index (χ1v) is 23.2. The van der Waals surface area contributed by atoms with E-state index in [0.717, 1.165) is 64.2 Å². The number of ketones is 1. The molecule has 0 aromatic carbocycles. The lowest BCUT2D eigenvalue weighted by atomic mass is 9.88. The molecule has 0 spiro atoms. The van der Waals surface area contributed by atoms with Crippen molar-refractivity contribution in [2.45, 2.75) is 173 Å². The highest BCUT2D eigenvalue weighted by atomic mass is 31.2. The fourth-order valence-electron chi connectivity index (χ4n) is 6.43. The molecule has 0 aromatic heterocycles. The molecule has 0 heterocycles. The van der Waals surface area contributed by atoms with Gasteiger partial charge in [-0.3, -0.25) is 23.4 Å². The number of unbranched alkanes of at least 4 members (excludes halogenated alkanes) is 10. The van der Waals surface area contributed by atoms with Crippen LogP contribution >= 0.6 is 7.82 Å². The third-order valence-electron chi connectivity index (χ3n) is 9.86. The second-order valence-electron chi connectivity index (χ2n) is 15.1. The molecule has 1 aliphatic carbocycles. The summed E-state index contributed by atoms with van der Waals surface area (Å²) in [6.45, 7) is 1.92. The largest absolute Gasteiger partial charge is 0.472 e. The van der Waals surface area contributed by atoms with Crippen LogP contribution in [0.5, 0.6) is 0 Å². The SMILES string of the molecule is CCCCC/C=C\C/C=C\C/C=C\CCCCC(=O)OC[C@H](COP(=O)(O)OC[C@@H](O)CO)OC(=O)CCCCCC[C@H]1[C@@H](O)CC(=O)[C@@H]1/C=C/[C@@H](O)CCCCC. The molecule has 0 saturated heterocycles. The Kier molecular flexibility index (Phi) is 31.6. The van der Waals surface area contributed by atoms with E-state index in [-0.39, 0.29) is 31.0 Å². The van der Waals surface area contributed by atoms with Crippen LogP contribution < -0.4 is 0 Å². The van der Waals surface area contributed by atoms with Crippen molar-refractivity contribution < 1.29 is 62.8 Å². The molecule has 13 nitrogen and oxygen atoms in total. The number of carbonyl (C=O) groups excluding carboxylic acids is 3. The van der Waals surface area contributed by atoms with Crippen molar-refractivity contribution in [3.8, 4) is 0 Å². The van der Waals surface area contributed by atoms with Gasteiger partial charge in [-0.25, -0.2) is 4.57 Å². The van der Waals surface area contributed by atoms with Crippen molar-refractivity contribution in [1.82, 2.24) is 0 Å². The third kappa shape index (κ3) is 28.1. The summed E-state index contributed by atoms with van der Waals surface area (Å²) in [7, 11) is -4.69. The number of allylic oxidation sites excluding steroid dienone is 7. The van der Waals surface area contributed by atoms with Crippen molar-refractivity contribution in [2.75, 3.05) is 26.4 Å². The van der Waals surface area contributed by atoms with Gasteiger partial charge in [-0.1, -0.05) is 114 Å². The van der Waals surface area contributed by atoms with E-state index in [1.807, 2.05) is 0 Å². The molecule has 1 rings (SSSR count). The van der Waals surface area contributed by atoms with Gasteiger partial charge in [0.25, 0.3) is 0 Å². The van der Waals surface area contributed by atoms with Gasteiger partial charge in [0, 0.05) is 25.2 Å². The fraction of sp³-hybridized carbons (Fsp3) is 0.750. The number of ether oxygens (including phenoxy) is 2. The predicted molar refractivity (Wildman–Crippen MR) is 225 cm³/mol. The average molecular weight is 843 g/mol. The average Bonchev–Trinajstić information content (AvgIpc) is 3.47. The van der Waals surface area contributed by atoms with E-state index in [2.05, 4.69) is 54.8 Å². The van der Waals surface area contributed by atoms with Crippen molar-refractivity contribution >= 4 is 25.5 Å². The number of aliphatic hydroxyl groups excluding tert-OH is 4. The third-order valence-corrected chi connectivity index (χ3v) is 10.8. The summed E-state index contributed by atoms with van der Waals surface area (Å²) in [5.41, 5.74) is 0. The highest BCUT2D eigenvalue weighted by Gasteiger charge is 2.39. The summed E-state index contributed by atoms with van der Waals surface area (Å²) in [5.74, 6) is -1.79. The van der Waals surface area contributed by atoms with Crippen LogP contribution in [0.4, 0.5) is 0 Å². The molecular weight excluding hydrogens is 767 g/mol. The van der Waals surface area contributed by atoms with E-state index >= 15 is 0 Å². The number of phosphoric acid groups is 1. The number of hydrogen-bond acceptors (Lipinski definition) is 12. The predicted octanol–water partition coefficient (Wildman–Crippen LogP) is 7.92. The summed E-state index contributed by atoms with van der Waals surface area (Å²) in [6.07, 6.45) is 28.4. The molecule has 58 heavy (non-hydrogen) atoms. The maximum atomic E-state index is 12.7. The number of aliphatic hydroxyl groups is 4. The van der Waals surface area contributed by atoms with Gasteiger partial charge in [0.1, 0.15) is 18.5 Å². The van der Waals surface area contributed by atoms with Gasteiger partial charge < -0.3 is 34.8 Å². The van der Waals surface area contributed by atoms with Gasteiger partial charge in [-0.15, -0.1) is 0 Å². The van der Waals surface area contributed by atoms with Crippen molar-refractivity contribution in [1.29, 1.82) is 0 Å². The van der Waals surface area contributed by atoms with E-state index in [9.17, 15) is 39.2 Å². The Morgan fingerprint density at radius 3 is 2.03 bits per heavy atom. The van der Waals surface area contributed by atoms with E-state index in [0.29, 0.717) is 32.1 Å². The van der Waals surface area contributed by atoms with Crippen molar-refractivity contribution in [3.63, 3.8) is 0 Å². The highest BCUT2D eigenvalue weighted by Crippen LogP contribution is 2.43. The van der Waals surface area contributed by atoms with Crippen LogP contribution in [0, 0.1) is 11.8 Å². The highest BCUT2D eigenvalue weighted by molar-refractivity contribution is 7.47. The Morgan fingerprint density at radius 2 is 1.36 bits per heavy atom. The molecule has 0 bridgehead atoms. The summed E-state index contributed by atoms with van der Waals surface area (Å²) >= 11 is 0. The summed E-state index contributed by atoms with van der Waals surface area (Å²) < 4.78 is 32.6. The Morgan fingerprint density at radius 1 is 0.776 bits per heavy atom. The first-order chi connectivity index (χ1) is 27.9. The quantitative estimate of drug-likeness (QED) is 0.0176. The van der Waals surface area contributed by atoms with Gasteiger partial charge in [0.15, 0.2) is 6.10 Å². The Labute approximate surface area is 347 Å². The zero-order valence-corrected chi connectivity index (χ0v) is 36.1. The van der Waals surface area contributed by atoms with E-state index in [4.69, 9.17) is 19.1 Å². The first-order valence-electron chi connectivity index (χ1n) is 21.7. The lowest BCUT2D eigenvalue weighted by molar-refractivity contribution is -0.161. The number of phosphoric ester groups is 1. The second kappa shape index (κ2) is 34.3. The number of rotatable bonds is 36. The molecular formula is C44H75O13P. The Hall–Kier alpha value is -2.48. The minimum absolute atomic E-state index is 0.0210. The molecule has 0 aliphatic heterocycles. The molecule has 7 atom stereocenters. The Balaban J connectivity index is 2.49. The minimum Gasteiger partial charge on any atom is -0.462 e. The van der Waals surface area contributed by atoms with Gasteiger partial charge in [-0.2, -0.15) is 0 Å². The Bertz CT molecular complexity index is 1270. The lowest BCUT2D eigenvalue weighted by Gasteiger charge is -2.20. The van der Waals surface area contributed by atoms with Crippen LogP contribution in [0.15, 0.2) is 48.6 Å². The smallest absolute Gasteiger partial charge is 0.462 e. The van der Waals surface area contributed by atoms with E-state index < -0.39 is 76.5 Å². The maximum Gasteiger partial charge on any atom is 0.472 e. The molecule has 0 aromatic rings. The molecule has 14 heteroatoms. The minimum atomic E-state index is -4.69. The molecule has 1 fully saturated rings. The normalized spacial score (nSPS) is 20.1. The monoisotopic (exact) mass is 842 g/mol. The van der Waals surface area contributed by atoms with Gasteiger partial charge in [-0.05, 0) is 70.1 Å². The van der Waals surface area contributed by atoms with Crippen molar-refractivity contribution in [2.24, 2.45) is 11.8 Å². The van der Waals surface area contributed by atoms with Crippen LogP contribution in [0.25, 0.3) is 0 Å². The lowest BCUT2D eigenvalue weighted by Crippen LogP contribution is -2.29. The zero-order valence-electron chi connectivity index (χ0n) is 35.2. The molecule has 0 amide bonds. The summed E-state index contributed by atoms with van der Waals surface area (Å²) in [5, 5.41) is 39.1. The van der Waals surface area contributed by atoms with Crippen LogP contribution in [0.1, 0.15) is 149 Å². The standard InChI is InChI=1S/C44H75O13P/c1-3-5-7-8-9-10-11-12-13-14-15-16-17-18-23-27-43(50)54-34-38(35-56-58(52,53)55-33-37(47)32-45)57-44(51)28-24-20-19-22-26-39-40(42(49)31-41(39)48)30-29-36(46)25-21-6-4-2/h9-10,12-13,15-16,29-30,36-41,45-48H,3-8,11,14,17-28,31-35H2,1-2H3,(H,52,53)/b10-9-,13-12-,16-15-,30-29+/t36-,37-,38+,39+,40+,41-/m0/s1. The van der Waals surface area contributed by atoms with Crippen molar-refractivity contribution in [3.05, 3.63) is 48.6 Å². The summed E-state index contributed by atoms with van der Waals surface area (Å²) in [4.78, 5) is 47.7. The van der Waals surface area contributed by atoms with Crippen LogP contribution in [-0.2, 0) is 37.5 Å². The van der Waals surface area contributed by atoms with Gasteiger partial charge >= 0.3 is 19.8 Å². The zero-order chi connectivity index (χ0) is 42.9. The second-order valence-corrected chi connectivity index (χ2v) is 16.6. The summed E-state index contributed by atoms with van der Waals surface area (Å²) in [6, 6.07) is 0. The van der Waals surface area contributed by atoms with Crippen LogP contribution in [0.3, 0.4) is 0 Å². The molecule has 0 radical (unpaired) electrons. The number of carbonyl (C=O) groups is 3. The molecule has 1 aliphatic rings. The van der Waals surface area contributed by atoms with Crippen LogP contribution in [0.2, 0.25) is 0 Å². The first kappa shape index (κ1) is 53.5. The molecule has 334 valence electrons. The molecule has 1 unspecified atom stereocenters. The van der Waals surface area contributed by atoms with E-state index in [1.165, 1.54) is 19.3 Å². The number of Topliss-reactive ketones (excluding diaryl/α,β-unsaturated/α-hetero) is 1. The van der Waals surface area contributed by atoms with Gasteiger partial charge in [0.05, 0.1) is 32.0 Å². The van der Waals surface area contributed by atoms with E-state index in [1.54, 1.807) is 12.2 Å². The fourth-order valence-corrected chi connectivity index (χ4v) is 7.22. The maximum absolute atomic E-state index is 12.7. The number of esters is 2.